The molecule has 0 bridgehead atoms. The molecule has 1 atom stereocenters. The molecule has 0 aromatic heterocycles. The van der Waals surface area contributed by atoms with Crippen molar-refractivity contribution in [3.8, 4) is 0 Å². The Bertz CT molecular complexity index is 306. The van der Waals surface area contributed by atoms with Crippen LogP contribution in [-0.2, 0) is 9.53 Å². The van der Waals surface area contributed by atoms with Crippen molar-refractivity contribution in [2.45, 2.75) is 44.6 Å². The zero-order valence-corrected chi connectivity index (χ0v) is 13.5. The molecule has 21 heavy (non-hydrogen) atoms. The number of likely N-dealkylation sites (tertiary alicyclic amines) is 2. The number of nitrogens with one attached hydrogen (secondary N) is 1. The standard InChI is InChI=1S/C16H31N3O2/c1-21-12-6-8-17-16(20)14-18-9-5-7-15(13-18)19-10-3-2-4-11-19/h15H,2-14H2,1H3,(H,17,20). The number of methoxy groups -OCH3 is 1. The van der Waals surface area contributed by atoms with Gasteiger partial charge in [-0.2, -0.15) is 0 Å². The first-order chi connectivity index (χ1) is 10.3. The molecule has 2 heterocycles. The third-order valence-corrected chi connectivity index (χ3v) is 4.60. The second-order valence-corrected chi connectivity index (χ2v) is 6.32. The summed E-state index contributed by atoms with van der Waals surface area (Å²) in [6.45, 7) is 6.61. The molecule has 2 aliphatic heterocycles. The van der Waals surface area contributed by atoms with Gasteiger partial charge in [-0.1, -0.05) is 6.42 Å². The van der Waals surface area contributed by atoms with E-state index in [2.05, 4.69) is 15.1 Å². The Labute approximate surface area is 129 Å². The highest BCUT2D eigenvalue weighted by molar-refractivity contribution is 5.77. The summed E-state index contributed by atoms with van der Waals surface area (Å²) in [6.07, 6.45) is 7.48. The summed E-state index contributed by atoms with van der Waals surface area (Å²) in [7, 11) is 1.69. The van der Waals surface area contributed by atoms with E-state index in [1.165, 1.54) is 45.2 Å². The fourth-order valence-corrected chi connectivity index (χ4v) is 3.46. The first-order valence-corrected chi connectivity index (χ1v) is 8.51. The molecule has 2 fully saturated rings. The molecule has 2 rings (SSSR count). The van der Waals surface area contributed by atoms with Crippen LogP contribution in [0.3, 0.4) is 0 Å². The molecule has 1 N–H and O–H groups in total. The van der Waals surface area contributed by atoms with Crippen molar-refractivity contribution < 1.29 is 9.53 Å². The quantitative estimate of drug-likeness (QED) is 0.715. The lowest BCUT2D eigenvalue weighted by atomic mass is 10.0. The maximum atomic E-state index is 12.0. The lowest BCUT2D eigenvalue weighted by Crippen LogP contribution is -2.51. The molecule has 0 saturated carbocycles. The van der Waals surface area contributed by atoms with Crippen LogP contribution in [0.25, 0.3) is 0 Å². The Morgan fingerprint density at radius 3 is 2.76 bits per heavy atom. The molecular formula is C16H31N3O2. The Morgan fingerprint density at radius 2 is 2.00 bits per heavy atom. The molecule has 0 spiro atoms. The van der Waals surface area contributed by atoms with Crippen LogP contribution in [0.5, 0.6) is 0 Å². The van der Waals surface area contributed by atoms with Crippen LogP contribution in [0, 0.1) is 0 Å². The van der Waals surface area contributed by atoms with E-state index in [1.807, 2.05) is 0 Å². The number of nitrogens with zero attached hydrogens (tertiary/aromatic N) is 2. The largest absolute Gasteiger partial charge is 0.385 e. The molecule has 1 unspecified atom stereocenters. The highest BCUT2D eigenvalue weighted by Crippen LogP contribution is 2.19. The van der Waals surface area contributed by atoms with Crippen molar-refractivity contribution in [3.05, 3.63) is 0 Å². The van der Waals surface area contributed by atoms with Crippen LogP contribution in [0.2, 0.25) is 0 Å². The van der Waals surface area contributed by atoms with Crippen LogP contribution in [-0.4, -0.2) is 74.7 Å². The number of hydrogen-bond acceptors (Lipinski definition) is 4. The molecule has 5 heteroatoms. The Kier molecular flexibility index (Phi) is 7.47. The summed E-state index contributed by atoms with van der Waals surface area (Å²) in [4.78, 5) is 16.9. The summed E-state index contributed by atoms with van der Waals surface area (Å²) in [5, 5.41) is 2.98. The highest BCUT2D eigenvalue weighted by Gasteiger charge is 2.26. The van der Waals surface area contributed by atoms with E-state index in [0.29, 0.717) is 19.2 Å². The van der Waals surface area contributed by atoms with Gasteiger partial charge >= 0.3 is 0 Å². The van der Waals surface area contributed by atoms with Crippen molar-refractivity contribution in [2.75, 3.05) is 53.0 Å². The minimum absolute atomic E-state index is 0.158. The summed E-state index contributed by atoms with van der Waals surface area (Å²) < 4.78 is 4.99. The van der Waals surface area contributed by atoms with Gasteiger partial charge in [0.1, 0.15) is 0 Å². The van der Waals surface area contributed by atoms with Gasteiger partial charge in [0.15, 0.2) is 0 Å². The van der Waals surface area contributed by atoms with Crippen LogP contribution >= 0.6 is 0 Å². The topological polar surface area (TPSA) is 44.8 Å². The zero-order valence-electron chi connectivity index (χ0n) is 13.5. The van der Waals surface area contributed by atoms with Crippen molar-refractivity contribution in [1.82, 2.24) is 15.1 Å². The lowest BCUT2D eigenvalue weighted by molar-refractivity contribution is -0.122. The number of hydrogen-bond donors (Lipinski definition) is 1. The molecular weight excluding hydrogens is 266 g/mol. The van der Waals surface area contributed by atoms with E-state index in [-0.39, 0.29) is 5.91 Å². The second kappa shape index (κ2) is 9.38. The number of amides is 1. The fourth-order valence-electron chi connectivity index (χ4n) is 3.46. The lowest BCUT2D eigenvalue weighted by Gasteiger charge is -2.40. The van der Waals surface area contributed by atoms with Gasteiger partial charge in [0.05, 0.1) is 6.54 Å². The first-order valence-electron chi connectivity index (χ1n) is 8.51. The Morgan fingerprint density at radius 1 is 1.19 bits per heavy atom. The van der Waals surface area contributed by atoms with E-state index in [0.717, 1.165) is 26.1 Å². The molecule has 5 nitrogen and oxygen atoms in total. The maximum Gasteiger partial charge on any atom is 0.234 e. The third kappa shape index (κ3) is 5.93. The highest BCUT2D eigenvalue weighted by atomic mass is 16.5. The molecule has 1 amide bonds. The van der Waals surface area contributed by atoms with E-state index >= 15 is 0 Å². The second-order valence-electron chi connectivity index (χ2n) is 6.32. The first kappa shape index (κ1) is 16.7. The minimum atomic E-state index is 0.158. The van der Waals surface area contributed by atoms with Gasteiger partial charge in [0.25, 0.3) is 0 Å². The van der Waals surface area contributed by atoms with Gasteiger partial charge in [0, 0.05) is 32.8 Å². The number of rotatable bonds is 7. The van der Waals surface area contributed by atoms with Crippen LogP contribution in [0.4, 0.5) is 0 Å². The average Bonchev–Trinajstić information content (AvgIpc) is 2.53. The monoisotopic (exact) mass is 297 g/mol. The summed E-state index contributed by atoms with van der Waals surface area (Å²) in [5.41, 5.74) is 0. The van der Waals surface area contributed by atoms with Gasteiger partial charge in [0.2, 0.25) is 5.91 Å². The van der Waals surface area contributed by atoms with Crippen LogP contribution in [0.1, 0.15) is 38.5 Å². The number of carbonyl (C=O) groups excluding carboxylic acids is 1. The number of carbonyl (C=O) groups is 1. The third-order valence-electron chi connectivity index (χ3n) is 4.60. The van der Waals surface area contributed by atoms with Gasteiger partial charge < -0.3 is 10.1 Å². The predicted octanol–water partition coefficient (Wildman–Crippen LogP) is 1.09. The molecule has 2 saturated heterocycles. The summed E-state index contributed by atoms with van der Waals surface area (Å²) >= 11 is 0. The SMILES string of the molecule is COCCCNC(=O)CN1CCCC(N2CCCCC2)C1. The Hall–Kier alpha value is -0.650. The van der Waals surface area contributed by atoms with E-state index in [1.54, 1.807) is 7.11 Å². The molecule has 0 aromatic carbocycles. The average molecular weight is 297 g/mol. The van der Waals surface area contributed by atoms with Crippen LogP contribution < -0.4 is 5.32 Å². The Balaban J connectivity index is 1.67. The van der Waals surface area contributed by atoms with E-state index in [4.69, 9.17) is 4.74 Å². The van der Waals surface area contributed by atoms with Gasteiger partial charge in [-0.05, 0) is 51.7 Å². The fraction of sp³-hybridized carbons (Fsp3) is 0.938. The predicted molar refractivity (Wildman–Crippen MR) is 84.4 cm³/mol. The maximum absolute atomic E-state index is 12.0. The molecule has 122 valence electrons. The van der Waals surface area contributed by atoms with E-state index < -0.39 is 0 Å². The molecule has 0 aliphatic carbocycles. The van der Waals surface area contributed by atoms with Crippen LogP contribution in [0.15, 0.2) is 0 Å². The number of ether oxygens (including phenoxy) is 1. The smallest absolute Gasteiger partial charge is 0.234 e. The minimum Gasteiger partial charge on any atom is -0.385 e. The molecule has 0 aromatic rings. The molecule has 0 radical (unpaired) electrons. The van der Waals surface area contributed by atoms with Gasteiger partial charge in [-0.25, -0.2) is 0 Å². The number of piperidine rings is 2. The van der Waals surface area contributed by atoms with Crippen molar-refractivity contribution in [3.63, 3.8) is 0 Å². The van der Waals surface area contributed by atoms with Crippen molar-refractivity contribution in [1.29, 1.82) is 0 Å². The van der Waals surface area contributed by atoms with Crippen molar-refractivity contribution in [2.24, 2.45) is 0 Å². The zero-order chi connectivity index (χ0) is 14.9. The normalized spacial score (nSPS) is 24.9. The molecule has 2 aliphatic rings. The van der Waals surface area contributed by atoms with Crippen molar-refractivity contribution >= 4 is 5.91 Å². The van der Waals surface area contributed by atoms with Gasteiger partial charge in [-0.15, -0.1) is 0 Å². The van der Waals surface area contributed by atoms with E-state index in [9.17, 15) is 4.79 Å². The summed E-state index contributed by atoms with van der Waals surface area (Å²) in [5.74, 6) is 0.158. The summed E-state index contributed by atoms with van der Waals surface area (Å²) in [6, 6.07) is 0.667. The van der Waals surface area contributed by atoms with Gasteiger partial charge in [-0.3, -0.25) is 14.6 Å².